The molecule has 9 nitrogen and oxygen atoms in total. The highest BCUT2D eigenvalue weighted by Gasteiger charge is 2.30. The molecule has 4 heterocycles. The summed E-state index contributed by atoms with van der Waals surface area (Å²) in [6.07, 6.45) is 0.678. The van der Waals surface area contributed by atoms with Gasteiger partial charge < -0.3 is 29.1 Å². The average molecular weight is 581 g/mol. The van der Waals surface area contributed by atoms with Crippen molar-refractivity contribution in [1.29, 1.82) is 0 Å². The summed E-state index contributed by atoms with van der Waals surface area (Å²) < 4.78 is 25.5. The summed E-state index contributed by atoms with van der Waals surface area (Å²) in [6.45, 7) is 9.04. The van der Waals surface area contributed by atoms with E-state index >= 15 is 0 Å². The Bertz CT molecular complexity index is 1460. The van der Waals surface area contributed by atoms with Crippen molar-refractivity contribution < 1.29 is 18.7 Å². The normalized spacial score (nSPS) is 19.8. The second kappa shape index (κ2) is 11.8. The topological polar surface area (TPSA) is 74.3 Å². The monoisotopic (exact) mass is 580 g/mol. The van der Waals surface area contributed by atoms with Crippen molar-refractivity contribution in [1.82, 2.24) is 19.8 Å². The zero-order chi connectivity index (χ0) is 28.5. The summed E-state index contributed by atoms with van der Waals surface area (Å²) in [5, 5.41) is 2.84. The average Bonchev–Trinajstić information content (AvgIpc) is 2.99. The summed E-state index contributed by atoms with van der Waals surface area (Å²) in [7, 11) is 2.07. The Balaban J connectivity index is 1.29. The van der Waals surface area contributed by atoms with E-state index < -0.39 is 11.7 Å². The molecule has 0 radical (unpaired) electrons. The van der Waals surface area contributed by atoms with Crippen molar-refractivity contribution in [3.05, 3.63) is 65.1 Å². The minimum atomic E-state index is -0.933. The lowest BCUT2D eigenvalue weighted by Crippen LogP contribution is -2.49. The summed E-state index contributed by atoms with van der Waals surface area (Å²) in [5.41, 5.74) is 3.04. The molecule has 3 aromatic rings. The van der Waals surface area contributed by atoms with Crippen LogP contribution >= 0.6 is 11.6 Å². The molecule has 41 heavy (non-hydrogen) atoms. The minimum Gasteiger partial charge on any atom is -0.461 e. The summed E-state index contributed by atoms with van der Waals surface area (Å²) in [6, 6.07) is 12.5. The van der Waals surface area contributed by atoms with E-state index in [2.05, 4.69) is 52.6 Å². The Morgan fingerprint density at radius 1 is 1.10 bits per heavy atom. The van der Waals surface area contributed by atoms with Gasteiger partial charge >= 0.3 is 6.01 Å². The van der Waals surface area contributed by atoms with Gasteiger partial charge in [-0.25, -0.2) is 4.39 Å². The Labute approximate surface area is 244 Å². The lowest BCUT2D eigenvalue weighted by molar-refractivity contribution is -0.128. The van der Waals surface area contributed by atoms with E-state index in [0.717, 1.165) is 64.6 Å². The fraction of sp³-hybridized carbons (Fsp3) is 0.433. The van der Waals surface area contributed by atoms with Crippen LogP contribution < -0.4 is 14.5 Å². The molecule has 0 aliphatic carbocycles. The van der Waals surface area contributed by atoms with Crippen LogP contribution in [0, 0.1) is 0 Å². The second-order valence-corrected chi connectivity index (χ2v) is 11.2. The smallest absolute Gasteiger partial charge is 0.318 e. The van der Waals surface area contributed by atoms with Crippen molar-refractivity contribution in [2.45, 2.75) is 19.1 Å². The predicted octanol–water partition coefficient (Wildman–Crippen LogP) is 3.69. The Kier molecular flexibility index (Phi) is 7.96. The van der Waals surface area contributed by atoms with E-state index in [4.69, 9.17) is 31.0 Å². The van der Waals surface area contributed by atoms with Gasteiger partial charge in [0.15, 0.2) is 5.83 Å². The van der Waals surface area contributed by atoms with Crippen LogP contribution in [0.2, 0.25) is 5.02 Å². The van der Waals surface area contributed by atoms with Crippen molar-refractivity contribution >= 4 is 39.8 Å². The molecule has 2 aromatic carbocycles. The molecule has 3 aliphatic rings. The first-order valence-corrected chi connectivity index (χ1v) is 14.4. The molecule has 1 unspecified atom stereocenters. The summed E-state index contributed by atoms with van der Waals surface area (Å²) >= 11 is 6.66. The number of morpholine rings is 1. The number of amides is 1. The lowest BCUT2D eigenvalue weighted by Gasteiger charge is -2.38. The van der Waals surface area contributed by atoms with Gasteiger partial charge in [0.1, 0.15) is 18.5 Å². The van der Waals surface area contributed by atoms with Gasteiger partial charge in [0, 0.05) is 62.5 Å². The van der Waals surface area contributed by atoms with Crippen LogP contribution in [-0.4, -0.2) is 97.9 Å². The van der Waals surface area contributed by atoms with Crippen LogP contribution in [0.4, 0.5) is 15.9 Å². The zero-order valence-corrected chi connectivity index (χ0v) is 23.9. The van der Waals surface area contributed by atoms with Gasteiger partial charge in [0.25, 0.3) is 5.91 Å². The Morgan fingerprint density at radius 3 is 2.63 bits per heavy atom. The number of aromatic nitrogens is 2. The van der Waals surface area contributed by atoms with Gasteiger partial charge in [0.2, 0.25) is 0 Å². The minimum absolute atomic E-state index is 0.0606. The number of carbonyl (C=O) groups excluding carboxylic acids is 1. The summed E-state index contributed by atoms with van der Waals surface area (Å²) in [4.78, 5) is 30.1. The highest BCUT2D eigenvalue weighted by molar-refractivity contribution is 6.36. The molecular weight excluding hydrogens is 547 g/mol. The van der Waals surface area contributed by atoms with Crippen molar-refractivity contribution in [3.63, 3.8) is 0 Å². The summed E-state index contributed by atoms with van der Waals surface area (Å²) in [5.74, 6) is -0.772. The van der Waals surface area contributed by atoms with Gasteiger partial charge in [-0.05, 0) is 31.0 Å². The maximum Gasteiger partial charge on any atom is 0.318 e. The molecule has 0 N–H and O–H groups in total. The number of anilines is 2. The number of piperazine rings is 1. The van der Waals surface area contributed by atoms with Crippen LogP contribution in [0.3, 0.4) is 0 Å². The number of halogens is 2. The highest BCUT2D eigenvalue weighted by atomic mass is 35.5. The second-order valence-electron chi connectivity index (χ2n) is 10.8. The molecule has 6 rings (SSSR count). The van der Waals surface area contributed by atoms with Crippen molar-refractivity contribution in [2.24, 2.45) is 0 Å². The van der Waals surface area contributed by atoms with Gasteiger partial charge in [0.05, 0.1) is 23.9 Å². The van der Waals surface area contributed by atoms with Crippen LogP contribution in [0.5, 0.6) is 6.01 Å². The number of hydrogen-bond acceptors (Lipinski definition) is 8. The maximum atomic E-state index is 13.5. The van der Waals surface area contributed by atoms with Crippen molar-refractivity contribution in [3.8, 4) is 6.01 Å². The lowest BCUT2D eigenvalue weighted by atomic mass is 10.0. The first kappa shape index (κ1) is 27.7. The number of nitrogens with zero attached hydrogens (tertiary/aromatic N) is 6. The van der Waals surface area contributed by atoms with Crippen molar-refractivity contribution in [2.75, 3.05) is 75.9 Å². The third-order valence-corrected chi connectivity index (χ3v) is 8.35. The highest BCUT2D eigenvalue weighted by Crippen LogP contribution is 2.37. The van der Waals surface area contributed by atoms with Crippen LogP contribution in [0.1, 0.15) is 11.3 Å². The molecule has 2 saturated heterocycles. The van der Waals surface area contributed by atoms with Crippen LogP contribution in [0.15, 0.2) is 48.8 Å². The molecule has 1 aromatic heterocycles. The van der Waals surface area contributed by atoms with Gasteiger partial charge in [-0.1, -0.05) is 42.4 Å². The number of hydrogen-bond donors (Lipinski definition) is 0. The molecule has 0 saturated carbocycles. The van der Waals surface area contributed by atoms with E-state index in [1.165, 1.54) is 4.90 Å². The van der Waals surface area contributed by atoms with Gasteiger partial charge in [-0.2, -0.15) is 9.97 Å². The molecule has 0 spiro atoms. The largest absolute Gasteiger partial charge is 0.461 e. The third-order valence-electron chi connectivity index (χ3n) is 8.03. The number of rotatable bonds is 6. The number of ether oxygens (including phenoxy) is 2. The third kappa shape index (κ3) is 5.82. The SMILES string of the molecule is C=C(F)C(=O)N1CCN(c2nc(OCC3CN(C)CCO3)nc3c2CCN(c2cccc4cccc(Cl)c24)C3)CC1. The number of likely N-dealkylation sites (N-methyl/N-ethyl adjacent to an activating group) is 1. The molecule has 2 fully saturated rings. The standard InChI is InChI=1S/C30H34ClFN6O3/c1-20(32)29(39)37-13-11-36(12-14-37)28-23-9-10-38(26-8-4-6-21-5-3-7-24(31)27(21)26)18-25(23)33-30(34-28)41-19-22-17-35(2)15-16-40-22/h3-8,22H,1,9-19H2,2H3. The molecule has 0 bridgehead atoms. The first-order valence-electron chi connectivity index (χ1n) is 14.0. The number of fused-ring (bicyclic) bond motifs is 2. The first-order chi connectivity index (χ1) is 19.9. The number of carbonyl (C=O) groups is 1. The van der Waals surface area contributed by atoms with Crippen LogP contribution in [0.25, 0.3) is 10.8 Å². The zero-order valence-electron chi connectivity index (χ0n) is 23.2. The molecule has 3 aliphatic heterocycles. The fourth-order valence-corrected chi connectivity index (χ4v) is 6.17. The molecular formula is C30H34ClFN6O3. The fourth-order valence-electron chi connectivity index (χ4n) is 5.89. The molecule has 1 amide bonds. The predicted molar refractivity (Wildman–Crippen MR) is 158 cm³/mol. The van der Waals surface area contributed by atoms with E-state index in [0.29, 0.717) is 51.9 Å². The van der Waals surface area contributed by atoms with E-state index in [-0.39, 0.29) is 6.10 Å². The van der Waals surface area contributed by atoms with E-state index in [1.54, 1.807) is 0 Å². The Morgan fingerprint density at radius 2 is 1.88 bits per heavy atom. The van der Waals surface area contributed by atoms with Gasteiger partial charge in [-0.15, -0.1) is 0 Å². The maximum absolute atomic E-state index is 13.5. The van der Waals surface area contributed by atoms with Crippen LogP contribution in [-0.2, 0) is 22.5 Å². The molecule has 11 heteroatoms. The van der Waals surface area contributed by atoms with E-state index in [9.17, 15) is 9.18 Å². The van der Waals surface area contributed by atoms with E-state index in [1.807, 2.05) is 12.1 Å². The molecule has 216 valence electrons. The van der Waals surface area contributed by atoms with Gasteiger partial charge in [-0.3, -0.25) is 4.79 Å². The number of benzene rings is 2. The molecule has 1 atom stereocenters. The quantitative estimate of drug-likeness (QED) is 0.409. The Hall–Kier alpha value is -3.47.